The van der Waals surface area contributed by atoms with Gasteiger partial charge in [0.25, 0.3) is 0 Å². The van der Waals surface area contributed by atoms with Crippen molar-refractivity contribution in [2.45, 2.75) is 19.4 Å². The highest BCUT2D eigenvalue weighted by Gasteiger charge is 2.24. The van der Waals surface area contributed by atoms with E-state index < -0.39 is 0 Å². The molecule has 0 saturated carbocycles. The Morgan fingerprint density at radius 3 is 2.95 bits per heavy atom. The summed E-state index contributed by atoms with van der Waals surface area (Å²) in [6.45, 7) is 3.72. The van der Waals surface area contributed by atoms with E-state index in [0.29, 0.717) is 0 Å². The van der Waals surface area contributed by atoms with Crippen molar-refractivity contribution in [2.75, 3.05) is 13.2 Å². The molecule has 0 bridgehead atoms. The summed E-state index contributed by atoms with van der Waals surface area (Å²) >= 11 is 9.84. The number of halogens is 2. The lowest BCUT2D eigenvalue weighted by atomic mass is 9.95. The third-order valence-corrected chi connectivity index (χ3v) is 4.39. The van der Waals surface area contributed by atoms with Gasteiger partial charge in [0.15, 0.2) is 0 Å². The minimum absolute atomic E-state index is 0.0815. The van der Waals surface area contributed by atoms with Crippen molar-refractivity contribution in [1.29, 1.82) is 0 Å². The molecule has 0 aromatic heterocycles. The Kier molecular flexibility index (Phi) is 4.53. The maximum absolute atomic E-state index is 6.30. The Hall–Kier alpha value is -1.03. The van der Waals surface area contributed by atoms with Gasteiger partial charge >= 0.3 is 0 Å². The van der Waals surface area contributed by atoms with E-state index in [2.05, 4.69) is 46.4 Å². The van der Waals surface area contributed by atoms with Crippen molar-refractivity contribution in [2.24, 2.45) is 0 Å². The van der Waals surface area contributed by atoms with Gasteiger partial charge in [0.2, 0.25) is 0 Å². The summed E-state index contributed by atoms with van der Waals surface area (Å²) in [7, 11) is 0. The monoisotopic (exact) mass is 365 g/mol. The molecule has 0 spiro atoms. The first-order valence-electron chi connectivity index (χ1n) is 7.13. The van der Waals surface area contributed by atoms with Crippen LogP contribution in [0.4, 0.5) is 0 Å². The average Bonchev–Trinajstić information content (AvgIpc) is 2.92. The summed E-state index contributed by atoms with van der Waals surface area (Å²) in [6, 6.07) is 12.5. The van der Waals surface area contributed by atoms with Crippen LogP contribution in [0.2, 0.25) is 5.02 Å². The molecular formula is C17H17BrClNO. The predicted octanol–water partition coefficient (Wildman–Crippen LogP) is 4.74. The fourth-order valence-electron chi connectivity index (χ4n) is 2.81. The van der Waals surface area contributed by atoms with Crippen molar-refractivity contribution in [3.63, 3.8) is 0 Å². The van der Waals surface area contributed by atoms with Crippen LogP contribution in [0.25, 0.3) is 0 Å². The number of hydrogen-bond donors (Lipinski definition) is 1. The lowest BCUT2D eigenvalue weighted by Gasteiger charge is -2.22. The molecule has 1 heterocycles. The van der Waals surface area contributed by atoms with Crippen molar-refractivity contribution >= 4 is 27.5 Å². The quantitative estimate of drug-likeness (QED) is 0.844. The molecule has 21 heavy (non-hydrogen) atoms. The first-order chi connectivity index (χ1) is 10.2. The molecule has 0 saturated heterocycles. The molecule has 3 rings (SSSR count). The Balaban J connectivity index is 2.10. The van der Waals surface area contributed by atoms with Gasteiger partial charge in [-0.25, -0.2) is 0 Å². The first kappa shape index (κ1) is 14.9. The van der Waals surface area contributed by atoms with E-state index in [-0.39, 0.29) is 6.04 Å². The second-order valence-electron chi connectivity index (χ2n) is 5.13. The highest BCUT2D eigenvalue weighted by atomic mass is 79.9. The summed E-state index contributed by atoms with van der Waals surface area (Å²) in [4.78, 5) is 0. The van der Waals surface area contributed by atoms with E-state index in [9.17, 15) is 0 Å². The molecule has 0 radical (unpaired) electrons. The summed E-state index contributed by atoms with van der Waals surface area (Å²) in [5.74, 6) is 0.991. The van der Waals surface area contributed by atoms with Crippen LogP contribution in [-0.4, -0.2) is 13.2 Å². The van der Waals surface area contributed by atoms with Crippen molar-refractivity contribution < 1.29 is 4.74 Å². The Morgan fingerprint density at radius 1 is 1.33 bits per heavy atom. The minimum Gasteiger partial charge on any atom is -0.493 e. The summed E-state index contributed by atoms with van der Waals surface area (Å²) in [6.07, 6.45) is 0.931. The molecule has 2 nitrogen and oxygen atoms in total. The van der Waals surface area contributed by atoms with Crippen LogP contribution >= 0.6 is 27.5 Å². The molecule has 0 amide bonds. The number of hydrogen-bond acceptors (Lipinski definition) is 2. The smallest absolute Gasteiger partial charge is 0.127 e. The van der Waals surface area contributed by atoms with E-state index in [1.807, 2.05) is 18.2 Å². The van der Waals surface area contributed by atoms with Crippen molar-refractivity contribution in [3.8, 4) is 5.75 Å². The van der Waals surface area contributed by atoms with E-state index in [0.717, 1.165) is 40.4 Å². The second kappa shape index (κ2) is 6.39. The molecule has 1 aliphatic heterocycles. The molecule has 0 aliphatic carbocycles. The van der Waals surface area contributed by atoms with E-state index >= 15 is 0 Å². The maximum atomic E-state index is 6.30. The third kappa shape index (κ3) is 3.10. The third-order valence-electron chi connectivity index (χ3n) is 3.68. The minimum atomic E-state index is 0.0815. The molecule has 4 heteroatoms. The zero-order valence-corrected chi connectivity index (χ0v) is 14.2. The molecule has 2 aromatic rings. The number of benzene rings is 2. The molecule has 1 aliphatic rings. The second-order valence-corrected chi connectivity index (χ2v) is 6.48. The number of rotatable bonds is 4. The van der Waals surface area contributed by atoms with Gasteiger partial charge in [-0.2, -0.15) is 0 Å². The zero-order valence-electron chi connectivity index (χ0n) is 11.8. The van der Waals surface area contributed by atoms with Crippen molar-refractivity contribution in [3.05, 3.63) is 62.6 Å². The first-order valence-corrected chi connectivity index (χ1v) is 8.30. The fourth-order valence-corrected chi connectivity index (χ4v) is 3.48. The van der Waals surface area contributed by atoms with Gasteiger partial charge in [0.05, 0.1) is 12.6 Å². The molecule has 2 aromatic carbocycles. The molecule has 1 N–H and O–H groups in total. The van der Waals surface area contributed by atoms with Crippen LogP contribution in [0.3, 0.4) is 0 Å². The number of fused-ring (bicyclic) bond motifs is 1. The molecule has 0 fully saturated rings. The predicted molar refractivity (Wildman–Crippen MR) is 90.3 cm³/mol. The SMILES string of the molecule is CCNC(c1cccc(Br)c1)c1cc(Cl)cc2c1OCC2. The van der Waals surface area contributed by atoms with Gasteiger partial charge in [-0.3, -0.25) is 0 Å². The Bertz CT molecular complexity index is 659. The van der Waals surface area contributed by atoms with Crippen LogP contribution < -0.4 is 10.1 Å². The summed E-state index contributed by atoms with van der Waals surface area (Å²) in [5.41, 5.74) is 3.52. The molecular weight excluding hydrogens is 350 g/mol. The fraction of sp³-hybridized carbons (Fsp3) is 0.294. The lowest BCUT2D eigenvalue weighted by Crippen LogP contribution is -2.22. The van der Waals surface area contributed by atoms with Gasteiger partial charge < -0.3 is 10.1 Å². The molecule has 110 valence electrons. The van der Waals surface area contributed by atoms with Gasteiger partial charge in [0.1, 0.15) is 5.75 Å². The average molecular weight is 367 g/mol. The highest BCUT2D eigenvalue weighted by molar-refractivity contribution is 9.10. The Morgan fingerprint density at radius 2 is 2.19 bits per heavy atom. The van der Waals surface area contributed by atoms with Crippen LogP contribution in [0, 0.1) is 0 Å². The number of nitrogens with one attached hydrogen (secondary N) is 1. The topological polar surface area (TPSA) is 21.3 Å². The van der Waals surface area contributed by atoms with Crippen LogP contribution in [0.1, 0.15) is 29.7 Å². The summed E-state index contributed by atoms with van der Waals surface area (Å²) < 4.78 is 6.93. The Labute approximate surface area is 138 Å². The van der Waals surface area contributed by atoms with E-state index in [1.165, 1.54) is 11.1 Å². The normalized spacial score (nSPS) is 14.6. The maximum Gasteiger partial charge on any atom is 0.127 e. The van der Waals surface area contributed by atoms with Crippen LogP contribution in [-0.2, 0) is 6.42 Å². The van der Waals surface area contributed by atoms with Gasteiger partial charge in [-0.1, -0.05) is 46.6 Å². The zero-order chi connectivity index (χ0) is 14.8. The highest BCUT2D eigenvalue weighted by Crippen LogP contribution is 2.39. The van der Waals surface area contributed by atoms with Crippen LogP contribution in [0.15, 0.2) is 40.9 Å². The van der Waals surface area contributed by atoms with Gasteiger partial charge in [-0.05, 0) is 41.9 Å². The molecule has 1 atom stereocenters. The largest absolute Gasteiger partial charge is 0.493 e. The van der Waals surface area contributed by atoms with E-state index in [4.69, 9.17) is 16.3 Å². The van der Waals surface area contributed by atoms with E-state index in [1.54, 1.807) is 0 Å². The molecule has 1 unspecified atom stereocenters. The number of ether oxygens (including phenoxy) is 1. The summed E-state index contributed by atoms with van der Waals surface area (Å²) in [5, 5.41) is 4.31. The van der Waals surface area contributed by atoms with Crippen molar-refractivity contribution in [1.82, 2.24) is 5.32 Å². The lowest BCUT2D eigenvalue weighted by molar-refractivity contribution is 0.350. The van der Waals surface area contributed by atoms with Gasteiger partial charge in [0, 0.05) is 21.5 Å². The van der Waals surface area contributed by atoms with Gasteiger partial charge in [-0.15, -0.1) is 0 Å². The standard InChI is InChI=1S/C17H17BrClNO/c1-2-20-16(11-4-3-5-13(18)8-11)15-10-14(19)9-12-6-7-21-17(12)15/h3-5,8-10,16,20H,2,6-7H2,1H3. The van der Waals surface area contributed by atoms with Crippen LogP contribution in [0.5, 0.6) is 5.75 Å².